The van der Waals surface area contributed by atoms with E-state index in [9.17, 15) is 13.6 Å². The minimum Gasteiger partial charge on any atom is -0.322 e. The number of carbonyl (C=O) groups excluding carboxylic acids is 1. The third-order valence-corrected chi connectivity index (χ3v) is 5.64. The zero-order chi connectivity index (χ0) is 17.4. The Labute approximate surface area is 148 Å². The van der Waals surface area contributed by atoms with Crippen molar-refractivity contribution in [2.75, 3.05) is 12.3 Å². The van der Waals surface area contributed by atoms with E-state index in [2.05, 4.69) is 0 Å². The monoisotopic (exact) mass is 355 g/mol. The average molecular weight is 355 g/mol. The van der Waals surface area contributed by atoms with Crippen molar-refractivity contribution >= 4 is 28.4 Å². The molecule has 1 aliphatic rings. The van der Waals surface area contributed by atoms with Gasteiger partial charge < -0.3 is 4.90 Å². The normalized spacial score (nSPS) is 17.2. The second-order valence-corrected chi connectivity index (χ2v) is 7.10. The van der Waals surface area contributed by atoms with Gasteiger partial charge in [-0.1, -0.05) is 42.5 Å². The number of amides is 1. The van der Waals surface area contributed by atoms with Crippen LogP contribution in [0.1, 0.15) is 21.3 Å². The number of carbonyl (C=O) groups is 1. The highest BCUT2D eigenvalue weighted by Gasteiger charge is 2.33. The molecule has 1 unspecified atom stereocenters. The van der Waals surface area contributed by atoms with Gasteiger partial charge in [-0.3, -0.25) is 4.79 Å². The molecule has 5 heteroatoms. The zero-order valence-electron chi connectivity index (χ0n) is 13.3. The Hall–Kier alpha value is -2.40. The molecule has 1 fully saturated rings. The summed E-state index contributed by atoms with van der Waals surface area (Å²) in [5, 5.41) is 1.43. The van der Waals surface area contributed by atoms with Crippen molar-refractivity contribution < 1.29 is 13.6 Å². The molecule has 1 amide bonds. The molecule has 0 aromatic heterocycles. The van der Waals surface area contributed by atoms with Crippen LogP contribution >= 0.6 is 11.8 Å². The number of halogens is 2. The lowest BCUT2D eigenvalue weighted by atomic mass is 10.0. The first-order valence-electron chi connectivity index (χ1n) is 8.00. The summed E-state index contributed by atoms with van der Waals surface area (Å²) in [5.41, 5.74) is 0.950. The summed E-state index contributed by atoms with van der Waals surface area (Å²) >= 11 is 1.49. The molecule has 2 nitrogen and oxygen atoms in total. The number of thioether (sulfide) groups is 1. The second-order valence-electron chi connectivity index (χ2n) is 5.91. The van der Waals surface area contributed by atoms with Gasteiger partial charge in [0.2, 0.25) is 0 Å². The summed E-state index contributed by atoms with van der Waals surface area (Å²) < 4.78 is 27.4. The van der Waals surface area contributed by atoms with Crippen LogP contribution in [0.2, 0.25) is 0 Å². The molecule has 0 spiro atoms. The maximum atomic E-state index is 14.2. The molecular weight excluding hydrogens is 340 g/mol. The first-order chi connectivity index (χ1) is 12.1. The zero-order valence-corrected chi connectivity index (χ0v) is 14.1. The number of rotatable bonds is 2. The van der Waals surface area contributed by atoms with Crippen molar-refractivity contribution in [2.45, 2.75) is 5.37 Å². The third-order valence-electron chi connectivity index (χ3n) is 4.40. The average Bonchev–Trinajstić information content (AvgIpc) is 3.10. The van der Waals surface area contributed by atoms with Gasteiger partial charge in [0.15, 0.2) is 0 Å². The molecule has 0 aliphatic carbocycles. The Morgan fingerprint density at radius 1 is 1.04 bits per heavy atom. The van der Waals surface area contributed by atoms with E-state index >= 15 is 0 Å². The molecule has 1 aliphatic heterocycles. The Bertz CT molecular complexity index is 954. The van der Waals surface area contributed by atoms with Crippen molar-refractivity contribution in [2.24, 2.45) is 0 Å². The summed E-state index contributed by atoms with van der Waals surface area (Å²) in [4.78, 5) is 14.8. The number of benzene rings is 3. The fraction of sp³-hybridized carbons (Fsp3) is 0.150. The Kier molecular flexibility index (Phi) is 4.17. The SMILES string of the molecule is O=C(c1cccc2ccccc12)N1CCSC1c1ccc(F)cc1F. The van der Waals surface area contributed by atoms with Crippen LogP contribution in [0.4, 0.5) is 8.78 Å². The van der Waals surface area contributed by atoms with Crippen molar-refractivity contribution in [1.82, 2.24) is 4.90 Å². The predicted molar refractivity (Wildman–Crippen MR) is 96.5 cm³/mol. The maximum absolute atomic E-state index is 14.2. The standard InChI is InChI=1S/C20H15F2NOS/c21-14-8-9-17(18(22)12-14)20-23(10-11-25-20)19(24)16-7-3-5-13-4-1-2-6-15(13)16/h1-9,12,20H,10-11H2. The van der Waals surface area contributed by atoms with Gasteiger partial charge >= 0.3 is 0 Å². The van der Waals surface area contributed by atoms with Crippen LogP contribution in [-0.2, 0) is 0 Å². The number of fused-ring (bicyclic) bond motifs is 1. The van der Waals surface area contributed by atoms with Crippen LogP contribution in [0.15, 0.2) is 60.7 Å². The summed E-state index contributed by atoms with van der Waals surface area (Å²) in [6.45, 7) is 0.536. The highest BCUT2D eigenvalue weighted by molar-refractivity contribution is 7.99. The molecule has 3 aromatic rings. The summed E-state index contributed by atoms with van der Waals surface area (Å²) in [5.74, 6) is -0.639. The molecule has 0 radical (unpaired) electrons. The number of nitrogens with zero attached hydrogens (tertiary/aromatic N) is 1. The molecule has 0 saturated carbocycles. The topological polar surface area (TPSA) is 20.3 Å². The van der Waals surface area contributed by atoms with Crippen molar-refractivity contribution in [1.29, 1.82) is 0 Å². The van der Waals surface area contributed by atoms with Crippen LogP contribution in [0.25, 0.3) is 10.8 Å². The van der Waals surface area contributed by atoms with E-state index in [-0.39, 0.29) is 5.91 Å². The minimum absolute atomic E-state index is 0.129. The lowest BCUT2D eigenvalue weighted by Crippen LogP contribution is -2.31. The van der Waals surface area contributed by atoms with Crippen molar-refractivity contribution in [3.05, 3.63) is 83.4 Å². The quantitative estimate of drug-likeness (QED) is 0.644. The Morgan fingerprint density at radius 3 is 2.68 bits per heavy atom. The number of hydrogen-bond donors (Lipinski definition) is 0. The van der Waals surface area contributed by atoms with Crippen molar-refractivity contribution in [3.63, 3.8) is 0 Å². The van der Waals surface area contributed by atoms with E-state index in [0.717, 1.165) is 22.6 Å². The molecule has 0 N–H and O–H groups in total. The van der Waals surface area contributed by atoms with E-state index in [1.165, 1.54) is 23.9 Å². The Morgan fingerprint density at radius 2 is 1.84 bits per heavy atom. The highest BCUT2D eigenvalue weighted by Crippen LogP contribution is 2.40. The smallest absolute Gasteiger partial charge is 0.255 e. The second kappa shape index (κ2) is 6.48. The van der Waals surface area contributed by atoms with E-state index in [0.29, 0.717) is 17.7 Å². The van der Waals surface area contributed by atoms with Crippen molar-refractivity contribution in [3.8, 4) is 0 Å². The van der Waals surface area contributed by atoms with Gasteiger partial charge in [0.25, 0.3) is 5.91 Å². The molecule has 1 heterocycles. The lowest BCUT2D eigenvalue weighted by Gasteiger charge is -2.25. The highest BCUT2D eigenvalue weighted by atomic mass is 32.2. The molecule has 4 rings (SSSR count). The van der Waals surface area contributed by atoms with Gasteiger partial charge in [0.05, 0.1) is 0 Å². The third kappa shape index (κ3) is 2.89. The largest absolute Gasteiger partial charge is 0.322 e. The fourth-order valence-electron chi connectivity index (χ4n) is 3.20. The van der Waals surface area contributed by atoms with Gasteiger partial charge in [-0.15, -0.1) is 11.8 Å². The van der Waals surface area contributed by atoms with Crippen LogP contribution in [-0.4, -0.2) is 23.1 Å². The van der Waals surface area contributed by atoms with Gasteiger partial charge in [-0.2, -0.15) is 0 Å². The first-order valence-corrected chi connectivity index (χ1v) is 9.05. The van der Waals surface area contributed by atoms with Crippen LogP contribution in [0.5, 0.6) is 0 Å². The van der Waals surface area contributed by atoms with Crippen LogP contribution < -0.4 is 0 Å². The molecular formula is C20H15F2NOS. The summed E-state index contributed by atoms with van der Waals surface area (Å²) in [6, 6.07) is 16.8. The van der Waals surface area contributed by atoms with Crippen LogP contribution in [0.3, 0.4) is 0 Å². The van der Waals surface area contributed by atoms with Gasteiger partial charge in [-0.25, -0.2) is 8.78 Å². The van der Waals surface area contributed by atoms with E-state index in [1.807, 2.05) is 36.4 Å². The first kappa shape index (κ1) is 16.1. The summed E-state index contributed by atoms with van der Waals surface area (Å²) in [7, 11) is 0. The predicted octanol–water partition coefficient (Wildman–Crippen LogP) is 5.01. The van der Waals surface area contributed by atoms with E-state index in [4.69, 9.17) is 0 Å². The molecule has 25 heavy (non-hydrogen) atoms. The van der Waals surface area contributed by atoms with E-state index in [1.54, 1.807) is 11.0 Å². The molecule has 1 saturated heterocycles. The van der Waals surface area contributed by atoms with E-state index < -0.39 is 17.0 Å². The fourth-order valence-corrected chi connectivity index (χ4v) is 4.48. The lowest BCUT2D eigenvalue weighted by molar-refractivity contribution is 0.0761. The molecule has 1 atom stereocenters. The van der Waals surface area contributed by atoms with Gasteiger partial charge in [0, 0.05) is 29.5 Å². The van der Waals surface area contributed by atoms with Gasteiger partial charge in [0.1, 0.15) is 17.0 Å². The molecule has 0 bridgehead atoms. The Balaban J connectivity index is 1.73. The van der Waals surface area contributed by atoms with Crippen LogP contribution in [0, 0.1) is 11.6 Å². The number of hydrogen-bond acceptors (Lipinski definition) is 2. The minimum atomic E-state index is -0.616. The maximum Gasteiger partial charge on any atom is 0.255 e. The molecule has 3 aromatic carbocycles. The molecule has 126 valence electrons. The summed E-state index contributed by atoms with van der Waals surface area (Å²) in [6.07, 6.45) is 0. The van der Waals surface area contributed by atoms with Gasteiger partial charge in [-0.05, 0) is 22.9 Å².